The largest absolute Gasteiger partial charge is 0.368 e. The van der Waals surface area contributed by atoms with Gasteiger partial charge in [-0.05, 0) is 23.3 Å². The number of hydrogen-bond acceptors (Lipinski definition) is 4. The molecule has 29 heavy (non-hydrogen) atoms. The van der Waals surface area contributed by atoms with Gasteiger partial charge in [-0.15, -0.1) is 0 Å². The summed E-state index contributed by atoms with van der Waals surface area (Å²) in [5, 5.41) is 14.2. The van der Waals surface area contributed by atoms with E-state index in [1.165, 1.54) is 25.1 Å². The van der Waals surface area contributed by atoms with Gasteiger partial charge in [-0.25, -0.2) is 4.39 Å². The molecule has 0 radical (unpaired) electrons. The van der Waals surface area contributed by atoms with E-state index >= 15 is 0 Å². The molecule has 2 rings (SSSR count). The second-order valence-electron chi connectivity index (χ2n) is 6.49. The van der Waals surface area contributed by atoms with Crippen molar-refractivity contribution < 1.29 is 18.8 Å². The minimum Gasteiger partial charge on any atom is -0.368 e. The first-order valence-corrected chi connectivity index (χ1v) is 8.90. The molecule has 3 amide bonds. The minimum absolute atomic E-state index is 0.0112. The Hall–Kier alpha value is -3.73. The lowest BCUT2D eigenvalue weighted by molar-refractivity contribution is -0.130. The van der Waals surface area contributed by atoms with Crippen LogP contribution in [0.25, 0.3) is 0 Å². The van der Waals surface area contributed by atoms with Crippen molar-refractivity contribution in [3.05, 3.63) is 71.0 Å². The topological polar surface area (TPSA) is 125 Å². The number of nitrogens with two attached hydrogens (primary N) is 1. The van der Waals surface area contributed by atoms with Crippen molar-refractivity contribution in [2.45, 2.75) is 31.8 Å². The number of hydrogen-bond donors (Lipinski definition) is 3. The van der Waals surface area contributed by atoms with E-state index in [4.69, 9.17) is 5.73 Å². The summed E-state index contributed by atoms with van der Waals surface area (Å²) < 4.78 is 14.0. The summed E-state index contributed by atoms with van der Waals surface area (Å²) in [4.78, 5) is 36.1. The Morgan fingerprint density at radius 3 is 2.17 bits per heavy atom. The highest BCUT2D eigenvalue weighted by atomic mass is 19.1. The van der Waals surface area contributed by atoms with Crippen molar-refractivity contribution in [3.8, 4) is 6.07 Å². The molecule has 0 fully saturated rings. The van der Waals surface area contributed by atoms with Crippen molar-refractivity contribution in [1.82, 2.24) is 10.6 Å². The first-order valence-electron chi connectivity index (χ1n) is 8.90. The third-order valence-corrected chi connectivity index (χ3v) is 4.30. The van der Waals surface area contributed by atoms with Crippen molar-refractivity contribution in [2.24, 2.45) is 5.73 Å². The van der Waals surface area contributed by atoms with E-state index in [1.54, 1.807) is 30.3 Å². The maximum absolute atomic E-state index is 14.0. The van der Waals surface area contributed by atoms with Crippen LogP contribution >= 0.6 is 0 Å². The lowest BCUT2D eigenvalue weighted by Gasteiger charge is -2.22. The average molecular weight is 396 g/mol. The number of amides is 3. The summed E-state index contributed by atoms with van der Waals surface area (Å²) in [6, 6.07) is 12.3. The first-order chi connectivity index (χ1) is 13.8. The van der Waals surface area contributed by atoms with E-state index in [1.807, 2.05) is 6.07 Å². The highest BCUT2D eigenvalue weighted by Gasteiger charge is 2.26. The number of halogens is 1. The first kappa shape index (κ1) is 21.6. The van der Waals surface area contributed by atoms with Crippen LogP contribution < -0.4 is 16.4 Å². The quantitative estimate of drug-likeness (QED) is 0.614. The van der Waals surface area contributed by atoms with Crippen LogP contribution in [0.3, 0.4) is 0 Å². The van der Waals surface area contributed by atoms with Gasteiger partial charge in [0, 0.05) is 19.8 Å². The van der Waals surface area contributed by atoms with E-state index in [2.05, 4.69) is 10.6 Å². The molecule has 2 atom stereocenters. The fourth-order valence-electron chi connectivity index (χ4n) is 2.86. The maximum Gasteiger partial charge on any atom is 0.243 e. The SMILES string of the molecule is CC(=O)N[C@@H](Cc1ccccc1F)C(=O)N[C@@H](Cc1ccccc1C#N)C(N)=O. The second kappa shape index (κ2) is 9.99. The van der Waals surface area contributed by atoms with Crippen molar-refractivity contribution in [2.75, 3.05) is 0 Å². The summed E-state index contributed by atoms with van der Waals surface area (Å²) in [7, 11) is 0. The minimum atomic E-state index is -1.10. The standard InChI is InChI=1S/C21H21FN4O3/c1-13(27)25-19(11-15-7-4-5-9-17(15)22)21(29)26-18(20(24)28)10-14-6-2-3-8-16(14)12-23/h2-9,18-19H,10-11H2,1H3,(H2,24,28)(H,25,27)(H,26,29)/t18-,19-/m0/s1. The average Bonchev–Trinajstić information content (AvgIpc) is 2.68. The Kier molecular flexibility index (Phi) is 7.43. The maximum atomic E-state index is 14.0. The fraction of sp³-hybridized carbons (Fsp3) is 0.238. The van der Waals surface area contributed by atoms with Gasteiger partial charge in [0.15, 0.2) is 0 Å². The zero-order chi connectivity index (χ0) is 21.4. The smallest absolute Gasteiger partial charge is 0.243 e. The van der Waals surface area contributed by atoms with Crippen LogP contribution in [-0.4, -0.2) is 29.8 Å². The Morgan fingerprint density at radius 1 is 1.00 bits per heavy atom. The van der Waals surface area contributed by atoms with E-state index in [0.717, 1.165) is 0 Å². The molecule has 0 unspecified atom stereocenters. The summed E-state index contributed by atoms with van der Waals surface area (Å²) in [6.45, 7) is 1.23. The predicted molar refractivity (Wildman–Crippen MR) is 104 cm³/mol. The lowest BCUT2D eigenvalue weighted by Crippen LogP contribution is -2.54. The zero-order valence-corrected chi connectivity index (χ0v) is 15.8. The van der Waals surface area contributed by atoms with Gasteiger partial charge < -0.3 is 16.4 Å². The molecule has 0 aromatic heterocycles. The molecule has 0 saturated carbocycles. The molecule has 0 spiro atoms. The summed E-state index contributed by atoms with van der Waals surface area (Å²) >= 11 is 0. The van der Waals surface area contributed by atoms with Gasteiger partial charge in [-0.2, -0.15) is 5.26 Å². The van der Waals surface area contributed by atoms with E-state index in [-0.39, 0.29) is 18.4 Å². The monoisotopic (exact) mass is 396 g/mol. The molecule has 8 heteroatoms. The van der Waals surface area contributed by atoms with Crippen LogP contribution in [0.15, 0.2) is 48.5 Å². The summed E-state index contributed by atoms with van der Waals surface area (Å²) in [6.07, 6.45) is -0.0877. The summed E-state index contributed by atoms with van der Waals surface area (Å²) in [5.41, 5.74) is 6.57. The lowest BCUT2D eigenvalue weighted by atomic mass is 9.99. The summed E-state index contributed by atoms with van der Waals surface area (Å²) in [5.74, 6) is -2.46. The van der Waals surface area contributed by atoms with Crippen molar-refractivity contribution >= 4 is 17.7 Å². The molecule has 0 aliphatic rings. The molecule has 0 aliphatic carbocycles. The Balaban J connectivity index is 2.20. The highest BCUT2D eigenvalue weighted by molar-refractivity contribution is 5.91. The van der Waals surface area contributed by atoms with E-state index < -0.39 is 35.6 Å². The molecule has 4 N–H and O–H groups in total. The third-order valence-electron chi connectivity index (χ3n) is 4.30. The molecule has 150 valence electrons. The number of nitriles is 1. The molecular weight excluding hydrogens is 375 g/mol. The van der Waals surface area contributed by atoms with Gasteiger partial charge in [0.1, 0.15) is 17.9 Å². The van der Waals surface area contributed by atoms with Crippen LogP contribution in [0.5, 0.6) is 0 Å². The van der Waals surface area contributed by atoms with Crippen LogP contribution in [0.4, 0.5) is 4.39 Å². The predicted octanol–water partition coefficient (Wildman–Crippen LogP) is 0.957. The number of rotatable bonds is 8. The molecule has 0 bridgehead atoms. The van der Waals surface area contributed by atoms with Gasteiger partial charge in [-0.1, -0.05) is 36.4 Å². The van der Waals surface area contributed by atoms with E-state index in [0.29, 0.717) is 11.1 Å². The Bertz CT molecular complexity index is 955. The molecule has 0 saturated heterocycles. The fourth-order valence-corrected chi connectivity index (χ4v) is 2.86. The molecule has 7 nitrogen and oxygen atoms in total. The molecule has 0 aliphatic heterocycles. The van der Waals surface area contributed by atoms with Crippen LogP contribution in [-0.2, 0) is 27.2 Å². The number of carbonyl (C=O) groups is 3. The second-order valence-corrected chi connectivity index (χ2v) is 6.49. The number of nitrogens with zero attached hydrogens (tertiary/aromatic N) is 1. The molecule has 2 aromatic rings. The van der Waals surface area contributed by atoms with Crippen LogP contribution in [0.2, 0.25) is 0 Å². The number of carbonyl (C=O) groups excluding carboxylic acids is 3. The normalized spacial score (nSPS) is 12.3. The van der Waals surface area contributed by atoms with E-state index in [9.17, 15) is 24.0 Å². The van der Waals surface area contributed by atoms with Gasteiger partial charge in [-0.3, -0.25) is 14.4 Å². The van der Waals surface area contributed by atoms with Gasteiger partial charge in [0.25, 0.3) is 0 Å². The van der Waals surface area contributed by atoms with Gasteiger partial charge >= 0.3 is 0 Å². The van der Waals surface area contributed by atoms with Crippen LogP contribution in [0.1, 0.15) is 23.6 Å². The van der Waals surface area contributed by atoms with Crippen molar-refractivity contribution in [3.63, 3.8) is 0 Å². The Morgan fingerprint density at radius 2 is 1.59 bits per heavy atom. The molecular formula is C21H21FN4O3. The zero-order valence-electron chi connectivity index (χ0n) is 15.8. The van der Waals surface area contributed by atoms with Gasteiger partial charge in [0.2, 0.25) is 17.7 Å². The van der Waals surface area contributed by atoms with Crippen LogP contribution in [0, 0.1) is 17.1 Å². The number of nitrogens with one attached hydrogen (secondary N) is 2. The van der Waals surface area contributed by atoms with Crippen molar-refractivity contribution in [1.29, 1.82) is 5.26 Å². The highest BCUT2D eigenvalue weighted by Crippen LogP contribution is 2.12. The van der Waals surface area contributed by atoms with Gasteiger partial charge in [0.05, 0.1) is 11.6 Å². The molecule has 2 aromatic carbocycles. The Labute approximate surface area is 167 Å². The number of primary amides is 1. The molecule has 0 heterocycles. The third kappa shape index (κ3) is 6.14. The number of benzene rings is 2.